The molecular weight excluding hydrogens is 563 g/mol. The first kappa shape index (κ1) is 28.6. The molecule has 0 spiro atoms. The van der Waals surface area contributed by atoms with Crippen LogP contribution in [0.2, 0.25) is 0 Å². The van der Waals surface area contributed by atoms with Gasteiger partial charge in [-0.2, -0.15) is 20.1 Å². The number of hydrogen-bond donors (Lipinski definition) is 0. The third kappa shape index (κ3) is 6.35. The third-order valence-electron chi connectivity index (χ3n) is 9.15. The second-order valence-electron chi connectivity index (χ2n) is 12.2. The number of halogens is 1. The van der Waals surface area contributed by atoms with Crippen LogP contribution in [0.1, 0.15) is 32.1 Å². The molecule has 0 bridgehead atoms. The van der Waals surface area contributed by atoms with Gasteiger partial charge in [-0.25, -0.2) is 18.4 Å². The average Bonchev–Trinajstić information content (AvgIpc) is 3.88. The average molecular weight is 603 g/mol. The highest BCUT2D eigenvalue weighted by Gasteiger charge is 2.27. The van der Waals surface area contributed by atoms with Gasteiger partial charge in [0.15, 0.2) is 0 Å². The summed E-state index contributed by atoms with van der Waals surface area (Å²) in [5.41, 5.74) is 2.41. The Morgan fingerprint density at radius 3 is 2.34 bits per heavy atom. The van der Waals surface area contributed by atoms with Crippen molar-refractivity contribution in [2.24, 2.45) is 11.8 Å². The fourth-order valence-corrected chi connectivity index (χ4v) is 6.70. The fraction of sp³-hybridized carbons (Fsp3) is 0.500. The van der Waals surface area contributed by atoms with Crippen LogP contribution in [-0.2, 0) is 17.8 Å². The Morgan fingerprint density at radius 1 is 0.864 bits per heavy atom. The molecule has 2 atom stereocenters. The molecule has 0 N–H and O–H groups in total. The van der Waals surface area contributed by atoms with Crippen LogP contribution in [0, 0.1) is 17.7 Å². The lowest BCUT2D eigenvalue weighted by Crippen LogP contribution is -2.46. The highest BCUT2D eigenvalue weighted by Crippen LogP contribution is 2.29. The molecule has 1 saturated carbocycles. The first-order chi connectivity index (χ1) is 21.6. The third-order valence-corrected chi connectivity index (χ3v) is 9.15. The molecule has 232 valence electrons. The van der Waals surface area contributed by atoms with Gasteiger partial charge in [-0.1, -0.05) is 12.8 Å². The van der Waals surface area contributed by atoms with Crippen molar-refractivity contribution in [3.8, 4) is 11.4 Å². The molecule has 2 aliphatic heterocycles. The zero-order chi connectivity index (χ0) is 29.9. The molecule has 2 unspecified atom stereocenters. The molecule has 12 heteroatoms. The fourth-order valence-electron chi connectivity index (χ4n) is 6.70. The van der Waals surface area contributed by atoms with E-state index in [1.807, 2.05) is 36.4 Å². The molecule has 44 heavy (non-hydrogen) atoms. The molecule has 3 fully saturated rings. The molecule has 1 aliphatic carbocycles. The zero-order valence-electron chi connectivity index (χ0n) is 24.9. The van der Waals surface area contributed by atoms with Crippen molar-refractivity contribution in [2.45, 2.75) is 51.3 Å². The van der Waals surface area contributed by atoms with Crippen LogP contribution in [0.15, 0.2) is 66.0 Å². The van der Waals surface area contributed by atoms with Gasteiger partial charge in [-0.05, 0) is 61.6 Å². The van der Waals surface area contributed by atoms with Crippen LogP contribution in [-0.4, -0.2) is 74.8 Å². The van der Waals surface area contributed by atoms with Crippen molar-refractivity contribution in [3.63, 3.8) is 0 Å². The molecule has 7 rings (SSSR count). The summed E-state index contributed by atoms with van der Waals surface area (Å²) in [6.45, 7) is 5.38. The minimum atomic E-state index is -0.274. The van der Waals surface area contributed by atoms with E-state index >= 15 is 4.39 Å². The second-order valence-corrected chi connectivity index (χ2v) is 12.2. The molecular formula is C32H39FN8O3. The Bertz CT molecular complexity index is 1570. The van der Waals surface area contributed by atoms with Gasteiger partial charge in [0.1, 0.15) is 17.9 Å². The Morgan fingerprint density at radius 2 is 1.59 bits per heavy atom. The summed E-state index contributed by atoms with van der Waals surface area (Å²) >= 11 is 0. The molecule has 3 aliphatic rings. The lowest BCUT2D eigenvalue weighted by Gasteiger charge is -2.37. The van der Waals surface area contributed by atoms with Gasteiger partial charge in [0.05, 0.1) is 49.6 Å². The maximum absolute atomic E-state index is 15.2. The van der Waals surface area contributed by atoms with Gasteiger partial charge in [-0.15, -0.1) is 0 Å². The van der Waals surface area contributed by atoms with Crippen LogP contribution in [0.3, 0.4) is 0 Å². The van der Waals surface area contributed by atoms with Crippen LogP contribution >= 0.6 is 0 Å². The van der Waals surface area contributed by atoms with Crippen molar-refractivity contribution in [1.82, 2.24) is 29.3 Å². The van der Waals surface area contributed by atoms with E-state index < -0.39 is 0 Å². The van der Waals surface area contributed by atoms with Crippen molar-refractivity contribution in [2.75, 3.05) is 49.2 Å². The summed E-state index contributed by atoms with van der Waals surface area (Å²) in [7, 11) is 0. The summed E-state index contributed by atoms with van der Waals surface area (Å²) < 4.78 is 30.2. The van der Waals surface area contributed by atoms with Crippen molar-refractivity contribution in [1.29, 1.82) is 0 Å². The van der Waals surface area contributed by atoms with E-state index in [-0.39, 0.29) is 23.5 Å². The monoisotopic (exact) mass is 602 g/mol. The summed E-state index contributed by atoms with van der Waals surface area (Å²) in [6, 6.07) is 13.2. The number of nitrogens with zero attached hydrogens (tertiary/aromatic N) is 8. The first-order valence-electron chi connectivity index (χ1n) is 15.7. The van der Waals surface area contributed by atoms with Gasteiger partial charge in [0.2, 0.25) is 0 Å². The lowest BCUT2D eigenvalue weighted by molar-refractivity contribution is 0.0844. The molecule has 11 nitrogen and oxygen atoms in total. The van der Waals surface area contributed by atoms with Gasteiger partial charge in [0, 0.05) is 50.4 Å². The number of hydrogen-bond acceptors (Lipinski definition) is 8. The van der Waals surface area contributed by atoms with Crippen molar-refractivity contribution < 1.29 is 13.9 Å². The van der Waals surface area contributed by atoms with E-state index in [0.717, 1.165) is 30.9 Å². The molecule has 2 aromatic heterocycles. The van der Waals surface area contributed by atoms with Crippen LogP contribution in [0.4, 0.5) is 15.8 Å². The summed E-state index contributed by atoms with van der Waals surface area (Å²) in [5, 5.41) is 12.6. The maximum atomic E-state index is 15.2. The van der Waals surface area contributed by atoms with Gasteiger partial charge >= 0.3 is 5.69 Å². The van der Waals surface area contributed by atoms with Crippen LogP contribution in [0.5, 0.6) is 5.75 Å². The Kier molecular flexibility index (Phi) is 8.32. The topological polar surface area (TPSA) is 95.5 Å². The van der Waals surface area contributed by atoms with E-state index in [1.165, 1.54) is 31.7 Å². The zero-order valence-corrected chi connectivity index (χ0v) is 24.9. The Hall–Kier alpha value is -4.19. The van der Waals surface area contributed by atoms with E-state index in [9.17, 15) is 4.79 Å². The van der Waals surface area contributed by atoms with Gasteiger partial charge in [-0.3, -0.25) is 0 Å². The van der Waals surface area contributed by atoms with Gasteiger partial charge < -0.3 is 19.3 Å². The van der Waals surface area contributed by atoms with Crippen molar-refractivity contribution in [3.05, 3.63) is 77.5 Å². The highest BCUT2D eigenvalue weighted by atomic mass is 19.1. The number of ether oxygens (including phenoxy) is 2. The van der Waals surface area contributed by atoms with Crippen molar-refractivity contribution >= 4 is 11.4 Å². The number of rotatable bonds is 10. The van der Waals surface area contributed by atoms with E-state index in [4.69, 9.17) is 9.47 Å². The standard InChI is InChI=1S/C32H39FN8O3/c33-30-18-28(43-21-25-17-29(44-22-25)20-41-34-11-12-35-41)9-10-31(30)38-15-13-37(14-16-38)26-5-7-27(8-6-26)39-23-36-40(32(39)42)19-24-3-1-2-4-24/h5-12,18,23-25,29H,1-4,13-17,19-22H2. The van der Waals surface area contributed by atoms with E-state index in [1.54, 1.807) is 32.8 Å². The molecule has 0 radical (unpaired) electrons. The first-order valence-corrected chi connectivity index (χ1v) is 15.7. The quantitative estimate of drug-likeness (QED) is 0.271. The molecule has 2 aromatic carbocycles. The normalized spacial score (nSPS) is 20.9. The lowest BCUT2D eigenvalue weighted by atomic mass is 10.1. The molecule has 4 aromatic rings. The van der Waals surface area contributed by atoms with Crippen LogP contribution < -0.4 is 20.2 Å². The minimum absolute atomic E-state index is 0.0624. The highest BCUT2D eigenvalue weighted by molar-refractivity contribution is 5.55. The largest absolute Gasteiger partial charge is 0.493 e. The number of benzene rings is 2. The van der Waals surface area contributed by atoms with E-state index in [0.29, 0.717) is 56.7 Å². The number of anilines is 2. The second kappa shape index (κ2) is 12.8. The number of piperazine rings is 1. The molecule has 4 heterocycles. The SMILES string of the molecule is O=c1n(-c2ccc(N3CCN(c4ccc(OCC5COC(Cn6nccn6)C5)cc4F)CC3)cc2)cnn1CC1CCCC1. The molecule has 0 amide bonds. The minimum Gasteiger partial charge on any atom is -0.493 e. The Balaban J connectivity index is 0.895. The predicted molar refractivity (Wildman–Crippen MR) is 164 cm³/mol. The summed E-state index contributed by atoms with van der Waals surface area (Å²) in [5.74, 6) is 1.07. The molecule has 2 saturated heterocycles. The summed E-state index contributed by atoms with van der Waals surface area (Å²) in [4.78, 5) is 18.9. The smallest absolute Gasteiger partial charge is 0.350 e. The number of aromatic nitrogens is 6. The van der Waals surface area contributed by atoms with E-state index in [2.05, 4.69) is 25.1 Å². The summed E-state index contributed by atoms with van der Waals surface area (Å²) in [6.07, 6.45) is 10.7. The Labute approximate surface area is 255 Å². The maximum Gasteiger partial charge on any atom is 0.350 e. The van der Waals surface area contributed by atoms with Crippen LogP contribution in [0.25, 0.3) is 5.69 Å². The van der Waals surface area contributed by atoms with Gasteiger partial charge in [0.25, 0.3) is 0 Å². The predicted octanol–water partition coefficient (Wildman–Crippen LogP) is 3.77.